The van der Waals surface area contributed by atoms with Crippen LogP contribution in [-0.4, -0.2) is 65.3 Å². The Labute approximate surface area is 170 Å². The van der Waals surface area contributed by atoms with Crippen LogP contribution in [0.15, 0.2) is 18.2 Å². The van der Waals surface area contributed by atoms with Gasteiger partial charge in [0.15, 0.2) is 11.4 Å². The van der Waals surface area contributed by atoms with Crippen molar-refractivity contribution >= 4 is 17.6 Å². The van der Waals surface area contributed by atoms with Crippen LogP contribution >= 0.6 is 0 Å². The highest BCUT2D eigenvalue weighted by Gasteiger charge is 2.54. The van der Waals surface area contributed by atoms with Gasteiger partial charge in [-0.3, -0.25) is 14.4 Å². The summed E-state index contributed by atoms with van der Waals surface area (Å²) in [7, 11) is 0. The Balaban J connectivity index is 2.10. The summed E-state index contributed by atoms with van der Waals surface area (Å²) in [5.74, 6) is -1.46. The summed E-state index contributed by atoms with van der Waals surface area (Å²) in [6.07, 6.45) is 0.346. The third kappa shape index (κ3) is 5.62. The number of aliphatic hydroxyl groups excluding tert-OH is 2. The molecule has 2 amide bonds. The van der Waals surface area contributed by atoms with Gasteiger partial charge in [0.25, 0.3) is 5.91 Å². The first-order chi connectivity index (χ1) is 13.6. The monoisotopic (exact) mass is 406 g/mol. The number of carbonyl (C=O) groups excluding carboxylic acids is 3. The zero-order valence-corrected chi connectivity index (χ0v) is 17.3. The first-order valence-electron chi connectivity index (χ1n) is 9.72. The number of rotatable bonds is 10. The lowest BCUT2D eigenvalue weighted by Gasteiger charge is -2.24. The van der Waals surface area contributed by atoms with Crippen molar-refractivity contribution < 1.29 is 29.3 Å². The number of hydrogen-bond acceptors (Lipinski definition) is 6. The van der Waals surface area contributed by atoms with Crippen LogP contribution in [0.1, 0.15) is 41.8 Å². The van der Waals surface area contributed by atoms with Crippen LogP contribution in [0.5, 0.6) is 0 Å². The van der Waals surface area contributed by atoms with E-state index in [-0.39, 0.29) is 12.5 Å². The number of amides is 2. The van der Waals surface area contributed by atoms with Crippen molar-refractivity contribution in [3.63, 3.8) is 0 Å². The standard InChI is InChI=1S/C21H30N2O6/c1-12(2)7-16(18(26)21(10-25)11-29-21)22-20(28)17(9-24)23-19(27)15-8-13(3)5-6-14(15)4/h5-6,8,12,16-17,24-25H,7,9-11H2,1-4H3,(H,22,28)(H,23,27)/t16-,17-,21+/m0/s1. The number of aryl methyl sites for hydroxylation is 2. The number of nitrogens with one attached hydrogen (secondary N) is 2. The molecule has 1 aliphatic rings. The number of ether oxygens (including phenoxy) is 1. The summed E-state index contributed by atoms with van der Waals surface area (Å²) >= 11 is 0. The molecule has 1 aromatic carbocycles. The van der Waals surface area contributed by atoms with Gasteiger partial charge in [-0.05, 0) is 37.8 Å². The van der Waals surface area contributed by atoms with Gasteiger partial charge in [0.05, 0.1) is 25.9 Å². The van der Waals surface area contributed by atoms with Crippen LogP contribution in [0.2, 0.25) is 0 Å². The van der Waals surface area contributed by atoms with Crippen molar-refractivity contribution in [1.82, 2.24) is 10.6 Å². The molecule has 0 unspecified atom stereocenters. The average molecular weight is 406 g/mol. The zero-order chi connectivity index (χ0) is 21.8. The number of carbonyl (C=O) groups is 3. The third-order valence-corrected chi connectivity index (χ3v) is 4.98. The second-order valence-electron chi connectivity index (χ2n) is 8.02. The topological polar surface area (TPSA) is 128 Å². The van der Waals surface area contributed by atoms with Crippen molar-refractivity contribution in [3.8, 4) is 0 Å². The number of hydrogen-bond donors (Lipinski definition) is 4. The summed E-state index contributed by atoms with van der Waals surface area (Å²) < 4.78 is 5.11. The quantitative estimate of drug-likeness (QED) is 0.413. The van der Waals surface area contributed by atoms with Crippen LogP contribution in [0.3, 0.4) is 0 Å². The molecule has 0 aromatic heterocycles. The van der Waals surface area contributed by atoms with Crippen LogP contribution < -0.4 is 10.6 Å². The molecule has 8 nitrogen and oxygen atoms in total. The summed E-state index contributed by atoms with van der Waals surface area (Å²) in [6.45, 7) is 6.47. The maximum atomic E-state index is 12.7. The fraction of sp³-hybridized carbons (Fsp3) is 0.571. The van der Waals surface area contributed by atoms with Crippen molar-refractivity contribution in [2.24, 2.45) is 5.92 Å². The molecule has 0 saturated carbocycles. The Morgan fingerprint density at radius 2 is 1.79 bits per heavy atom. The third-order valence-electron chi connectivity index (χ3n) is 4.98. The maximum Gasteiger partial charge on any atom is 0.252 e. The minimum Gasteiger partial charge on any atom is -0.394 e. The second-order valence-corrected chi connectivity index (χ2v) is 8.02. The van der Waals surface area contributed by atoms with E-state index in [0.717, 1.165) is 11.1 Å². The highest BCUT2D eigenvalue weighted by atomic mass is 16.6. The van der Waals surface area contributed by atoms with Crippen molar-refractivity contribution in [2.45, 2.75) is 51.8 Å². The largest absolute Gasteiger partial charge is 0.394 e. The lowest BCUT2D eigenvalue weighted by molar-refractivity contribution is -0.133. The molecule has 3 atom stereocenters. The van der Waals surface area contributed by atoms with Crippen LogP contribution in [0.25, 0.3) is 0 Å². The van der Waals surface area contributed by atoms with E-state index < -0.39 is 48.5 Å². The van der Waals surface area contributed by atoms with Gasteiger partial charge in [-0.1, -0.05) is 31.5 Å². The SMILES string of the molecule is Cc1ccc(C)c(C(=O)N[C@@H](CO)C(=O)N[C@@H](CC(C)C)C(=O)[C@@]2(CO)CO2)c1. The highest BCUT2D eigenvalue weighted by Crippen LogP contribution is 2.30. The van der Waals surface area contributed by atoms with E-state index in [2.05, 4.69) is 10.6 Å². The van der Waals surface area contributed by atoms with E-state index in [1.807, 2.05) is 26.8 Å². The summed E-state index contributed by atoms with van der Waals surface area (Å²) in [6, 6.07) is 3.29. The molecular weight excluding hydrogens is 376 g/mol. The zero-order valence-electron chi connectivity index (χ0n) is 17.3. The number of benzene rings is 1. The van der Waals surface area contributed by atoms with E-state index in [1.54, 1.807) is 19.1 Å². The molecule has 1 aliphatic heterocycles. The Hall–Kier alpha value is -2.29. The Morgan fingerprint density at radius 3 is 2.31 bits per heavy atom. The summed E-state index contributed by atoms with van der Waals surface area (Å²) in [4.78, 5) is 38.0. The first kappa shape index (κ1) is 23.0. The van der Waals surface area contributed by atoms with Gasteiger partial charge in [-0.2, -0.15) is 0 Å². The van der Waals surface area contributed by atoms with Crippen molar-refractivity contribution in [2.75, 3.05) is 19.8 Å². The molecule has 0 bridgehead atoms. The minimum absolute atomic E-state index is 0.0934. The van der Waals surface area contributed by atoms with E-state index in [1.165, 1.54) is 0 Å². The minimum atomic E-state index is -1.26. The van der Waals surface area contributed by atoms with Gasteiger partial charge in [-0.15, -0.1) is 0 Å². The number of aliphatic hydroxyl groups is 2. The van der Waals surface area contributed by atoms with Gasteiger partial charge in [0.1, 0.15) is 6.04 Å². The molecule has 2 rings (SSSR count). The van der Waals surface area contributed by atoms with E-state index in [9.17, 15) is 24.6 Å². The van der Waals surface area contributed by atoms with Crippen molar-refractivity contribution in [1.29, 1.82) is 0 Å². The Morgan fingerprint density at radius 1 is 1.14 bits per heavy atom. The number of ketones is 1. The molecule has 8 heteroatoms. The van der Waals surface area contributed by atoms with Crippen LogP contribution in [0.4, 0.5) is 0 Å². The highest BCUT2D eigenvalue weighted by molar-refractivity contribution is 6.01. The smallest absolute Gasteiger partial charge is 0.252 e. The molecule has 0 spiro atoms. The number of Topliss-reactive ketones (excluding diaryl/α,β-unsaturated/α-hetero) is 1. The normalized spacial score (nSPS) is 20.1. The molecule has 0 aliphatic carbocycles. The van der Waals surface area contributed by atoms with Crippen LogP contribution in [0, 0.1) is 19.8 Å². The lowest BCUT2D eigenvalue weighted by Crippen LogP contribution is -2.55. The molecule has 29 heavy (non-hydrogen) atoms. The summed E-state index contributed by atoms with van der Waals surface area (Å²) in [5, 5.41) is 24.2. The van der Waals surface area contributed by atoms with E-state index >= 15 is 0 Å². The molecular formula is C21H30N2O6. The lowest BCUT2D eigenvalue weighted by atomic mass is 9.92. The molecule has 1 fully saturated rings. The maximum absolute atomic E-state index is 12.7. The van der Waals surface area contributed by atoms with E-state index in [4.69, 9.17) is 4.74 Å². The average Bonchev–Trinajstić information content (AvgIpc) is 3.47. The van der Waals surface area contributed by atoms with E-state index in [0.29, 0.717) is 12.0 Å². The molecule has 1 aromatic rings. The van der Waals surface area contributed by atoms with Crippen LogP contribution in [-0.2, 0) is 14.3 Å². The fourth-order valence-electron chi connectivity index (χ4n) is 3.10. The Bertz CT molecular complexity index is 772. The first-order valence-corrected chi connectivity index (χ1v) is 9.72. The molecule has 0 radical (unpaired) electrons. The van der Waals surface area contributed by atoms with Gasteiger partial charge in [0, 0.05) is 5.56 Å². The predicted molar refractivity (Wildman–Crippen MR) is 106 cm³/mol. The molecule has 4 N–H and O–H groups in total. The predicted octanol–water partition coefficient (Wildman–Crippen LogP) is 0.255. The summed E-state index contributed by atoms with van der Waals surface area (Å²) in [5.41, 5.74) is 0.793. The van der Waals surface area contributed by atoms with Crippen molar-refractivity contribution in [3.05, 3.63) is 34.9 Å². The number of epoxide rings is 1. The van der Waals surface area contributed by atoms with Gasteiger partial charge >= 0.3 is 0 Å². The molecule has 1 saturated heterocycles. The fourth-order valence-corrected chi connectivity index (χ4v) is 3.10. The van der Waals surface area contributed by atoms with Gasteiger partial charge in [0.2, 0.25) is 5.91 Å². The molecule has 160 valence electrons. The Kier molecular flexibility index (Phi) is 7.51. The second kappa shape index (κ2) is 9.47. The van der Waals surface area contributed by atoms with Gasteiger partial charge < -0.3 is 25.6 Å². The molecule has 1 heterocycles. The van der Waals surface area contributed by atoms with Gasteiger partial charge in [-0.25, -0.2) is 0 Å².